The lowest BCUT2D eigenvalue weighted by Gasteiger charge is -2.16. The molecule has 2 aromatic heterocycles. The van der Waals surface area contributed by atoms with Crippen molar-refractivity contribution in [2.75, 3.05) is 17.7 Å². The van der Waals surface area contributed by atoms with Gasteiger partial charge in [-0.2, -0.15) is 4.98 Å². The van der Waals surface area contributed by atoms with Crippen molar-refractivity contribution in [2.24, 2.45) is 0 Å². The van der Waals surface area contributed by atoms with Crippen LogP contribution in [0.2, 0.25) is 0 Å². The van der Waals surface area contributed by atoms with E-state index in [2.05, 4.69) is 15.5 Å². The molecule has 1 unspecified atom stereocenters. The first kappa shape index (κ1) is 15.2. The number of hydrogen-bond acceptors (Lipinski definition) is 6. The number of nitrogens with one attached hydrogen (secondary N) is 1. The Bertz CT molecular complexity index is 590. The lowest BCUT2D eigenvalue weighted by molar-refractivity contribution is 0.307. The highest BCUT2D eigenvalue weighted by Gasteiger charge is 2.17. The zero-order valence-electron chi connectivity index (χ0n) is 12.9. The molecule has 0 amide bonds. The van der Waals surface area contributed by atoms with E-state index in [9.17, 15) is 0 Å². The van der Waals surface area contributed by atoms with Crippen LogP contribution >= 0.6 is 0 Å². The number of hydrogen-bond donors (Lipinski definition) is 2. The summed E-state index contributed by atoms with van der Waals surface area (Å²) in [6, 6.07) is 3.66. The number of nitrogens with zero attached hydrogens (tertiary/aromatic N) is 2. The molecule has 21 heavy (non-hydrogen) atoms. The van der Waals surface area contributed by atoms with Crippen LogP contribution in [0.3, 0.4) is 0 Å². The number of aromatic nitrogens is 2. The summed E-state index contributed by atoms with van der Waals surface area (Å²) in [6.45, 7) is 8.50. The van der Waals surface area contributed by atoms with Gasteiger partial charge in [0.15, 0.2) is 0 Å². The molecule has 0 fully saturated rings. The topological polar surface area (TPSA) is 86.2 Å². The predicted molar refractivity (Wildman–Crippen MR) is 82.5 cm³/mol. The Hall–Kier alpha value is -2.24. The van der Waals surface area contributed by atoms with Crippen molar-refractivity contribution in [3.05, 3.63) is 29.2 Å². The molecule has 2 heterocycles. The van der Waals surface area contributed by atoms with E-state index >= 15 is 0 Å². The number of anilines is 2. The van der Waals surface area contributed by atoms with Gasteiger partial charge in [0.2, 0.25) is 5.88 Å². The summed E-state index contributed by atoms with van der Waals surface area (Å²) in [4.78, 5) is 4.41. The first-order valence-corrected chi connectivity index (χ1v) is 7.11. The fraction of sp³-hybridized carbons (Fsp3) is 0.467. The minimum atomic E-state index is 0.0337. The van der Waals surface area contributed by atoms with Gasteiger partial charge < -0.3 is 20.3 Å². The SMILES string of the molecule is CCCOc1nc(NC(C)c2c(C)noc2C)ccc1N. The first-order valence-electron chi connectivity index (χ1n) is 7.11. The third-order valence-corrected chi connectivity index (χ3v) is 3.22. The van der Waals surface area contributed by atoms with Gasteiger partial charge in [0.05, 0.1) is 24.0 Å². The summed E-state index contributed by atoms with van der Waals surface area (Å²) in [5, 5.41) is 7.29. The second kappa shape index (κ2) is 6.47. The molecule has 0 aliphatic carbocycles. The summed E-state index contributed by atoms with van der Waals surface area (Å²) < 4.78 is 10.7. The zero-order valence-corrected chi connectivity index (χ0v) is 12.9. The van der Waals surface area contributed by atoms with Gasteiger partial charge in [-0.1, -0.05) is 12.1 Å². The van der Waals surface area contributed by atoms with Crippen molar-refractivity contribution < 1.29 is 9.26 Å². The molecule has 0 radical (unpaired) electrons. The monoisotopic (exact) mass is 290 g/mol. The maximum atomic E-state index is 5.86. The molecule has 6 heteroatoms. The quantitative estimate of drug-likeness (QED) is 0.849. The van der Waals surface area contributed by atoms with Gasteiger partial charge >= 0.3 is 0 Å². The van der Waals surface area contributed by atoms with E-state index in [4.69, 9.17) is 15.0 Å². The Balaban J connectivity index is 2.16. The van der Waals surface area contributed by atoms with Gasteiger partial charge in [-0.3, -0.25) is 0 Å². The minimum Gasteiger partial charge on any atom is -0.476 e. The molecule has 2 aromatic rings. The van der Waals surface area contributed by atoms with Crippen molar-refractivity contribution in [3.8, 4) is 5.88 Å². The van der Waals surface area contributed by atoms with Crippen LogP contribution in [0.4, 0.5) is 11.5 Å². The molecule has 2 rings (SSSR count). The smallest absolute Gasteiger partial charge is 0.239 e. The molecule has 0 bridgehead atoms. The molecule has 0 aromatic carbocycles. The zero-order chi connectivity index (χ0) is 15.4. The average Bonchev–Trinajstić information content (AvgIpc) is 2.78. The van der Waals surface area contributed by atoms with Crippen molar-refractivity contribution in [1.82, 2.24) is 10.1 Å². The van der Waals surface area contributed by atoms with E-state index in [1.54, 1.807) is 6.07 Å². The van der Waals surface area contributed by atoms with Crippen LogP contribution in [0, 0.1) is 13.8 Å². The van der Waals surface area contributed by atoms with Gasteiger partial charge in [0, 0.05) is 5.56 Å². The number of pyridine rings is 1. The lowest BCUT2D eigenvalue weighted by atomic mass is 10.1. The summed E-state index contributed by atoms with van der Waals surface area (Å²) in [5.41, 5.74) is 8.33. The fourth-order valence-electron chi connectivity index (χ4n) is 2.25. The molecule has 114 valence electrons. The van der Waals surface area contributed by atoms with E-state index in [0.29, 0.717) is 24.0 Å². The first-order chi connectivity index (χ1) is 10.0. The molecule has 0 saturated carbocycles. The van der Waals surface area contributed by atoms with Gasteiger partial charge in [0.1, 0.15) is 11.6 Å². The Morgan fingerprint density at radius 2 is 2.14 bits per heavy atom. The van der Waals surface area contributed by atoms with E-state index in [0.717, 1.165) is 23.4 Å². The predicted octanol–water partition coefficient (Wildman–Crippen LogP) is 3.23. The van der Waals surface area contributed by atoms with Gasteiger partial charge in [-0.25, -0.2) is 0 Å². The molecule has 3 N–H and O–H groups in total. The largest absolute Gasteiger partial charge is 0.476 e. The molecule has 0 aliphatic heterocycles. The third-order valence-electron chi connectivity index (χ3n) is 3.22. The normalized spacial score (nSPS) is 12.2. The maximum Gasteiger partial charge on any atom is 0.239 e. The summed E-state index contributed by atoms with van der Waals surface area (Å²) in [5.74, 6) is 1.99. The van der Waals surface area contributed by atoms with Crippen LogP contribution in [-0.4, -0.2) is 16.7 Å². The average molecular weight is 290 g/mol. The standard InChI is InChI=1S/C15H22N4O2/c1-5-8-20-15-12(16)6-7-13(18-15)17-9(2)14-10(3)19-21-11(14)4/h6-7,9H,5,8,16H2,1-4H3,(H,17,18). The second-order valence-corrected chi connectivity index (χ2v) is 5.04. The van der Waals surface area contributed by atoms with Crippen LogP contribution in [0.15, 0.2) is 16.7 Å². The van der Waals surface area contributed by atoms with E-state index in [1.165, 1.54) is 0 Å². The molecular formula is C15H22N4O2. The van der Waals surface area contributed by atoms with Crippen LogP contribution in [0.5, 0.6) is 5.88 Å². The number of rotatable bonds is 6. The minimum absolute atomic E-state index is 0.0337. The number of aryl methyl sites for hydroxylation is 2. The Labute approximate surface area is 124 Å². The van der Waals surface area contributed by atoms with Gasteiger partial charge in [-0.15, -0.1) is 0 Å². The molecule has 6 nitrogen and oxygen atoms in total. The van der Waals surface area contributed by atoms with Gasteiger partial charge in [0.25, 0.3) is 0 Å². The van der Waals surface area contributed by atoms with E-state index < -0.39 is 0 Å². The van der Waals surface area contributed by atoms with Crippen molar-refractivity contribution in [1.29, 1.82) is 0 Å². The van der Waals surface area contributed by atoms with E-state index in [1.807, 2.05) is 33.8 Å². The maximum absolute atomic E-state index is 5.86. The number of nitrogen functional groups attached to an aromatic ring is 1. The van der Waals surface area contributed by atoms with E-state index in [-0.39, 0.29) is 6.04 Å². The summed E-state index contributed by atoms with van der Waals surface area (Å²) in [6.07, 6.45) is 0.911. The Kier molecular flexibility index (Phi) is 4.67. The highest BCUT2D eigenvalue weighted by Crippen LogP contribution is 2.27. The summed E-state index contributed by atoms with van der Waals surface area (Å²) in [7, 11) is 0. The second-order valence-electron chi connectivity index (χ2n) is 5.04. The number of nitrogens with two attached hydrogens (primary N) is 1. The molecule has 0 saturated heterocycles. The summed E-state index contributed by atoms with van der Waals surface area (Å²) >= 11 is 0. The van der Waals surface area contributed by atoms with Crippen molar-refractivity contribution in [2.45, 2.75) is 40.2 Å². The van der Waals surface area contributed by atoms with Gasteiger partial charge in [-0.05, 0) is 39.3 Å². The fourth-order valence-corrected chi connectivity index (χ4v) is 2.25. The third kappa shape index (κ3) is 3.45. The van der Waals surface area contributed by atoms with Crippen LogP contribution in [-0.2, 0) is 0 Å². The lowest BCUT2D eigenvalue weighted by Crippen LogP contribution is -2.11. The molecule has 0 aliphatic rings. The molecule has 0 spiro atoms. The van der Waals surface area contributed by atoms with Crippen molar-refractivity contribution >= 4 is 11.5 Å². The highest BCUT2D eigenvalue weighted by molar-refractivity contribution is 5.54. The van der Waals surface area contributed by atoms with Crippen LogP contribution in [0.25, 0.3) is 0 Å². The molecular weight excluding hydrogens is 268 g/mol. The number of ether oxygens (including phenoxy) is 1. The van der Waals surface area contributed by atoms with Crippen LogP contribution in [0.1, 0.15) is 43.3 Å². The Morgan fingerprint density at radius 1 is 1.38 bits per heavy atom. The van der Waals surface area contributed by atoms with Crippen LogP contribution < -0.4 is 15.8 Å². The Morgan fingerprint density at radius 3 is 2.76 bits per heavy atom. The molecule has 1 atom stereocenters. The highest BCUT2D eigenvalue weighted by atomic mass is 16.5. The van der Waals surface area contributed by atoms with Crippen molar-refractivity contribution in [3.63, 3.8) is 0 Å².